The third-order valence-electron chi connectivity index (χ3n) is 3.61. The molecule has 0 saturated carbocycles. The first kappa shape index (κ1) is 15.0. The molecule has 1 aromatic heterocycles. The van der Waals surface area contributed by atoms with Gasteiger partial charge in [0.05, 0.1) is 12.0 Å². The van der Waals surface area contributed by atoms with Crippen LogP contribution in [0.25, 0.3) is 0 Å². The second-order valence-electron chi connectivity index (χ2n) is 5.50. The second-order valence-corrected chi connectivity index (χ2v) is 5.50. The smallest absolute Gasteiger partial charge is 0.244 e. The molecule has 0 saturated heterocycles. The van der Waals surface area contributed by atoms with E-state index < -0.39 is 0 Å². The van der Waals surface area contributed by atoms with Crippen molar-refractivity contribution in [2.45, 2.75) is 19.9 Å². The molecule has 1 unspecified atom stereocenters. The number of carbonyl (C=O) groups excluding carboxylic acids is 2. The van der Waals surface area contributed by atoms with Gasteiger partial charge in [0.25, 0.3) is 0 Å². The van der Waals surface area contributed by atoms with Gasteiger partial charge in [-0.1, -0.05) is 19.1 Å². The molecule has 1 aromatic carbocycles. The maximum Gasteiger partial charge on any atom is 0.244 e. The molecule has 1 aliphatic rings. The molecule has 23 heavy (non-hydrogen) atoms. The average Bonchev–Trinajstić information content (AvgIpc) is 3.01. The van der Waals surface area contributed by atoms with Gasteiger partial charge in [0.2, 0.25) is 11.8 Å². The van der Waals surface area contributed by atoms with E-state index in [0.29, 0.717) is 12.1 Å². The van der Waals surface area contributed by atoms with E-state index in [-0.39, 0.29) is 24.3 Å². The minimum absolute atomic E-state index is 0.0652. The summed E-state index contributed by atoms with van der Waals surface area (Å²) in [6, 6.07) is 7.43. The summed E-state index contributed by atoms with van der Waals surface area (Å²) in [6.07, 6.45) is 5.40. The van der Waals surface area contributed by atoms with Crippen LogP contribution in [0.1, 0.15) is 18.9 Å². The van der Waals surface area contributed by atoms with Crippen LogP contribution in [0.3, 0.4) is 0 Å². The zero-order valence-electron chi connectivity index (χ0n) is 12.7. The van der Waals surface area contributed by atoms with Crippen LogP contribution in [0, 0.1) is 5.92 Å². The quantitative estimate of drug-likeness (QED) is 0.894. The fourth-order valence-electron chi connectivity index (χ4n) is 2.47. The van der Waals surface area contributed by atoms with Crippen molar-refractivity contribution in [3.05, 3.63) is 48.5 Å². The van der Waals surface area contributed by atoms with Crippen molar-refractivity contribution in [2.75, 3.05) is 5.32 Å². The molecule has 7 nitrogen and oxygen atoms in total. The Morgan fingerprint density at radius 1 is 1.39 bits per heavy atom. The van der Waals surface area contributed by atoms with Gasteiger partial charge in [-0.15, -0.1) is 0 Å². The molecule has 0 fully saturated rings. The molecule has 2 N–H and O–H groups in total. The van der Waals surface area contributed by atoms with Crippen LogP contribution in [0.4, 0.5) is 5.69 Å². The number of benzene rings is 1. The summed E-state index contributed by atoms with van der Waals surface area (Å²) in [7, 11) is 0. The molecule has 0 bridgehead atoms. The van der Waals surface area contributed by atoms with Gasteiger partial charge in [-0.05, 0) is 17.7 Å². The second kappa shape index (κ2) is 6.43. The highest BCUT2D eigenvalue weighted by Gasteiger charge is 2.21. The zero-order chi connectivity index (χ0) is 16.2. The van der Waals surface area contributed by atoms with Gasteiger partial charge in [0.15, 0.2) is 0 Å². The number of rotatable bonds is 4. The lowest BCUT2D eigenvalue weighted by molar-refractivity contribution is -0.122. The lowest BCUT2D eigenvalue weighted by Crippen LogP contribution is -2.31. The van der Waals surface area contributed by atoms with E-state index in [0.717, 1.165) is 11.3 Å². The number of hydrogen-bond donors (Lipinski definition) is 2. The van der Waals surface area contributed by atoms with Gasteiger partial charge in [-0.3, -0.25) is 9.59 Å². The van der Waals surface area contributed by atoms with Crippen LogP contribution in [0.5, 0.6) is 0 Å². The maximum absolute atomic E-state index is 11.9. The topological polar surface area (TPSA) is 88.4 Å². The van der Waals surface area contributed by atoms with E-state index in [1.54, 1.807) is 23.3 Å². The number of nitrogens with zero attached hydrogens (tertiary/aromatic N) is 3. The largest absolute Gasteiger partial charge is 0.328 e. The molecule has 2 heterocycles. The monoisotopic (exact) mass is 311 g/mol. The first-order valence-corrected chi connectivity index (χ1v) is 7.34. The van der Waals surface area contributed by atoms with Crippen molar-refractivity contribution in [2.24, 2.45) is 11.0 Å². The van der Waals surface area contributed by atoms with Crippen LogP contribution in [-0.4, -0.2) is 27.1 Å². The van der Waals surface area contributed by atoms with E-state index in [4.69, 9.17) is 0 Å². The Labute approximate surface area is 133 Å². The number of carbonyl (C=O) groups is 2. The Morgan fingerprint density at radius 3 is 2.83 bits per heavy atom. The molecule has 118 valence electrons. The summed E-state index contributed by atoms with van der Waals surface area (Å²) in [5.41, 5.74) is 5.00. The van der Waals surface area contributed by atoms with Crippen molar-refractivity contribution in [1.82, 2.24) is 15.0 Å². The van der Waals surface area contributed by atoms with Crippen molar-refractivity contribution in [3.63, 3.8) is 0 Å². The number of nitrogens with one attached hydrogen (secondary N) is 2. The summed E-state index contributed by atoms with van der Waals surface area (Å²) in [5, 5.41) is 6.95. The third-order valence-corrected chi connectivity index (χ3v) is 3.61. The van der Waals surface area contributed by atoms with Gasteiger partial charge in [0.1, 0.15) is 6.54 Å². The van der Waals surface area contributed by atoms with Crippen molar-refractivity contribution in [1.29, 1.82) is 0 Å². The minimum atomic E-state index is -0.119. The summed E-state index contributed by atoms with van der Waals surface area (Å²) >= 11 is 0. The maximum atomic E-state index is 11.9. The Kier molecular flexibility index (Phi) is 4.18. The lowest BCUT2D eigenvalue weighted by Gasteiger charge is -2.19. The minimum Gasteiger partial charge on any atom is -0.328 e. The standard InChI is InChI=1S/C16H17N5O2/c1-11-8-14(22)19-20-16(11)12-2-4-13(5-3-12)18-15(23)9-21-7-6-17-10-21/h2-7,10-11H,8-9H2,1H3,(H,18,23)(H,19,22). The normalized spacial score (nSPS) is 17.3. The summed E-state index contributed by atoms with van der Waals surface area (Å²) < 4.78 is 1.70. The van der Waals surface area contributed by atoms with E-state index >= 15 is 0 Å². The summed E-state index contributed by atoms with van der Waals surface area (Å²) in [4.78, 5) is 27.1. The van der Waals surface area contributed by atoms with Crippen LogP contribution < -0.4 is 10.7 Å². The number of hydrogen-bond acceptors (Lipinski definition) is 4. The van der Waals surface area contributed by atoms with Gasteiger partial charge in [-0.2, -0.15) is 5.10 Å². The van der Waals surface area contributed by atoms with E-state index in [1.165, 1.54) is 0 Å². The molecule has 0 aliphatic carbocycles. The Bertz CT molecular complexity index is 734. The molecule has 2 aromatic rings. The molecule has 1 atom stereocenters. The van der Waals surface area contributed by atoms with Gasteiger partial charge in [0, 0.05) is 30.4 Å². The van der Waals surface area contributed by atoms with E-state index in [2.05, 4.69) is 20.8 Å². The molecular weight excluding hydrogens is 294 g/mol. The first-order chi connectivity index (χ1) is 11.1. The third kappa shape index (κ3) is 3.63. The molecule has 0 radical (unpaired) electrons. The molecule has 1 aliphatic heterocycles. The van der Waals surface area contributed by atoms with Crippen molar-refractivity contribution >= 4 is 23.2 Å². The highest BCUT2D eigenvalue weighted by atomic mass is 16.2. The Balaban J connectivity index is 1.65. The number of hydrazone groups is 1. The summed E-state index contributed by atoms with van der Waals surface area (Å²) in [5.74, 6) is -0.110. The molecule has 7 heteroatoms. The van der Waals surface area contributed by atoms with Crippen molar-refractivity contribution in [3.8, 4) is 0 Å². The van der Waals surface area contributed by atoms with Crippen LogP contribution in [-0.2, 0) is 16.1 Å². The van der Waals surface area contributed by atoms with Gasteiger partial charge < -0.3 is 9.88 Å². The highest BCUT2D eigenvalue weighted by molar-refractivity contribution is 6.06. The molecule has 2 amide bonds. The molecule has 3 rings (SSSR count). The van der Waals surface area contributed by atoms with Crippen LogP contribution in [0.2, 0.25) is 0 Å². The lowest BCUT2D eigenvalue weighted by atomic mass is 9.94. The first-order valence-electron chi connectivity index (χ1n) is 7.34. The van der Waals surface area contributed by atoms with Crippen LogP contribution in [0.15, 0.2) is 48.1 Å². The fraction of sp³-hybridized carbons (Fsp3) is 0.250. The highest BCUT2D eigenvalue weighted by Crippen LogP contribution is 2.18. The van der Waals surface area contributed by atoms with E-state index in [9.17, 15) is 9.59 Å². The summed E-state index contributed by atoms with van der Waals surface area (Å²) in [6.45, 7) is 2.19. The number of aromatic nitrogens is 2. The SMILES string of the molecule is CC1CC(=O)NN=C1c1ccc(NC(=O)Cn2ccnc2)cc1. The Hall–Kier alpha value is -2.96. The Morgan fingerprint density at radius 2 is 2.17 bits per heavy atom. The van der Waals surface area contributed by atoms with Crippen molar-refractivity contribution < 1.29 is 9.59 Å². The molecular formula is C16H17N5O2. The zero-order valence-corrected chi connectivity index (χ0v) is 12.7. The fourth-order valence-corrected chi connectivity index (χ4v) is 2.47. The number of anilines is 1. The van der Waals surface area contributed by atoms with Crippen LogP contribution >= 0.6 is 0 Å². The van der Waals surface area contributed by atoms with Gasteiger partial charge in [-0.25, -0.2) is 10.4 Å². The predicted octanol–water partition coefficient (Wildman–Crippen LogP) is 1.38. The number of imidazole rings is 1. The molecule has 0 spiro atoms. The van der Waals surface area contributed by atoms with E-state index in [1.807, 2.05) is 31.2 Å². The predicted molar refractivity (Wildman–Crippen MR) is 85.8 cm³/mol. The average molecular weight is 311 g/mol. The number of amides is 2. The van der Waals surface area contributed by atoms with Gasteiger partial charge >= 0.3 is 0 Å².